The normalized spacial score (nSPS) is 7.38. The second-order valence-electron chi connectivity index (χ2n) is 5.50. The maximum absolute atomic E-state index is 10.7. The maximum Gasteiger partial charge on any atom is 0.0657 e. The van der Waals surface area contributed by atoms with E-state index < -0.39 is 0 Å². The Bertz CT molecular complexity index is 314. The third kappa shape index (κ3) is 63.9. The van der Waals surface area contributed by atoms with Gasteiger partial charge >= 0.3 is 0 Å². The molecular formula is C20H36B2O2Y2-2. The van der Waals surface area contributed by atoms with Crippen LogP contribution in [0, 0.1) is 12.2 Å². The first-order valence-electron chi connectivity index (χ1n) is 8.76. The zero-order valence-corrected chi connectivity index (χ0v) is 24.0. The Kier molecular flexibility index (Phi) is 59.0. The van der Waals surface area contributed by atoms with Gasteiger partial charge in [0.15, 0.2) is 0 Å². The summed E-state index contributed by atoms with van der Waals surface area (Å²) in [5, 5.41) is 0. The van der Waals surface area contributed by atoms with E-state index in [0.717, 1.165) is 23.9 Å². The van der Waals surface area contributed by atoms with Crippen molar-refractivity contribution in [3.63, 3.8) is 0 Å². The molecule has 0 atom stereocenters. The van der Waals surface area contributed by atoms with Crippen LogP contribution in [0.1, 0.15) is 81.1 Å². The molecule has 0 heterocycles. The number of hydrogen-bond donors (Lipinski definition) is 0. The molecule has 0 saturated heterocycles. The van der Waals surface area contributed by atoms with Crippen LogP contribution in [0.4, 0.5) is 0 Å². The molecule has 0 rings (SSSR count). The number of hydrogen-bond acceptors (Lipinski definition) is 2. The average molecular weight is 508 g/mol. The van der Waals surface area contributed by atoms with Crippen LogP contribution in [-0.2, 0) is 75.0 Å². The number of ketones is 2. The van der Waals surface area contributed by atoms with Gasteiger partial charge in [0.25, 0.3) is 0 Å². The molecule has 26 heavy (non-hydrogen) atoms. The first kappa shape index (κ1) is 41.5. The third-order valence-corrected chi connectivity index (χ3v) is 1.63. The van der Waals surface area contributed by atoms with E-state index in [1.807, 2.05) is 41.5 Å². The molecule has 0 N–H and O–H groups in total. The van der Waals surface area contributed by atoms with Crippen molar-refractivity contribution in [1.29, 1.82) is 0 Å². The van der Waals surface area contributed by atoms with Crippen molar-refractivity contribution in [3.05, 3.63) is 23.3 Å². The van der Waals surface area contributed by atoms with Gasteiger partial charge < -0.3 is 21.7 Å². The molecule has 0 aliphatic carbocycles. The molecule has 0 aromatic heterocycles. The molecule has 0 unspecified atom stereocenters. The molecular weight excluding hydrogens is 472 g/mol. The maximum atomic E-state index is 10.7. The molecule has 0 saturated carbocycles. The molecule has 0 aliphatic rings. The Balaban J connectivity index is -0.0000000558. The third-order valence-electron chi connectivity index (χ3n) is 1.63. The second kappa shape index (κ2) is 37.0. The summed E-state index contributed by atoms with van der Waals surface area (Å²) in [6.45, 7) is 15.6. The Morgan fingerprint density at radius 2 is 1.00 bits per heavy atom. The molecule has 0 aromatic carbocycles. The quantitative estimate of drug-likeness (QED) is 0.273. The number of carbonyl (C=O) groups is 2. The van der Waals surface area contributed by atoms with Crippen LogP contribution in [0.2, 0.25) is 12.6 Å². The summed E-state index contributed by atoms with van der Waals surface area (Å²) >= 11 is 0. The Morgan fingerprint density at radius 1 is 0.731 bits per heavy atom. The Labute approximate surface area is 217 Å². The first-order chi connectivity index (χ1) is 11.2. The molecule has 142 valence electrons. The van der Waals surface area contributed by atoms with E-state index in [9.17, 15) is 9.59 Å². The van der Waals surface area contributed by atoms with Crippen LogP contribution in [0.3, 0.4) is 0 Å². The number of rotatable bonds is 6. The van der Waals surface area contributed by atoms with Crippen molar-refractivity contribution in [2.45, 2.75) is 93.7 Å². The number of Topliss-reactive ketones (excluding diaryl/α,β-unsaturated/α-hetero) is 2. The van der Waals surface area contributed by atoms with Crippen molar-refractivity contribution in [1.82, 2.24) is 0 Å². The number of allylic oxidation sites excluding steroid dienone is 4. The molecule has 0 bridgehead atoms. The summed E-state index contributed by atoms with van der Waals surface area (Å²) in [7, 11) is 9.98. The van der Waals surface area contributed by atoms with Crippen LogP contribution < -0.4 is 0 Å². The van der Waals surface area contributed by atoms with Crippen molar-refractivity contribution in [2.75, 3.05) is 0 Å². The van der Waals surface area contributed by atoms with Gasteiger partial charge in [-0.15, -0.1) is 0 Å². The van der Waals surface area contributed by atoms with E-state index >= 15 is 0 Å². The van der Waals surface area contributed by atoms with E-state index in [0.29, 0.717) is 19.2 Å². The summed E-state index contributed by atoms with van der Waals surface area (Å²) in [4.78, 5) is 21.4. The zero-order valence-electron chi connectivity index (χ0n) is 18.4. The minimum absolute atomic E-state index is 0. The van der Waals surface area contributed by atoms with E-state index in [1.165, 1.54) is 6.42 Å². The molecule has 6 radical (unpaired) electrons. The smallest absolute Gasteiger partial charge is 0.0657 e. The van der Waals surface area contributed by atoms with Crippen molar-refractivity contribution in [3.8, 4) is 0 Å². The minimum Gasteiger partial charge on any atom is -0.428 e. The SMILES string of the molecule is CCC.CCCC(=O)[C-]=C(C)C.[B]CC.[B]CCC(=O)[C-]=C(C)C.[Y].[Y]. The van der Waals surface area contributed by atoms with Gasteiger partial charge in [-0.1, -0.05) is 80.9 Å². The summed E-state index contributed by atoms with van der Waals surface area (Å²) in [5.74, 6) is 0.120. The van der Waals surface area contributed by atoms with Gasteiger partial charge in [-0.05, 0) is 24.4 Å². The van der Waals surface area contributed by atoms with Crippen molar-refractivity contribution < 1.29 is 75.0 Å². The standard InChI is InChI=1S/C8H13O.C7H10BO.C3H8.C2H5B.2Y/c1-4-5-8(9)6-7(2)3;1-6(2)5-7(9)3-4-8;1-3-2;1-2-3;;/h4-5H2,1-3H3;3-4H2,1-2H3;3H2,1-2H3;2H2,1H3;;/q2*-1;;;;. The van der Waals surface area contributed by atoms with Crippen LogP contribution in [0.15, 0.2) is 11.1 Å². The average Bonchev–Trinajstić information content (AvgIpc) is 2.39. The van der Waals surface area contributed by atoms with Crippen molar-refractivity contribution >= 4 is 27.3 Å². The van der Waals surface area contributed by atoms with Crippen LogP contribution >= 0.6 is 0 Å². The van der Waals surface area contributed by atoms with Gasteiger partial charge in [0, 0.05) is 65.4 Å². The predicted molar refractivity (Wildman–Crippen MR) is 109 cm³/mol. The zero-order chi connectivity index (χ0) is 20.0. The summed E-state index contributed by atoms with van der Waals surface area (Å²) in [5.41, 5.74) is 1.88. The fraction of sp³-hybridized carbons (Fsp3) is 0.700. The van der Waals surface area contributed by atoms with Gasteiger partial charge in [-0.25, -0.2) is 0 Å². The molecule has 0 aromatic rings. The van der Waals surface area contributed by atoms with Gasteiger partial charge in [-0.3, -0.25) is 11.1 Å². The molecule has 0 amide bonds. The van der Waals surface area contributed by atoms with Gasteiger partial charge in [-0.2, -0.15) is 0 Å². The predicted octanol–water partition coefficient (Wildman–Crippen LogP) is 5.43. The van der Waals surface area contributed by atoms with Crippen LogP contribution in [0.25, 0.3) is 0 Å². The fourth-order valence-electron chi connectivity index (χ4n) is 1.04. The molecule has 0 aliphatic heterocycles. The Morgan fingerprint density at radius 3 is 1.19 bits per heavy atom. The van der Waals surface area contributed by atoms with E-state index in [2.05, 4.69) is 26.0 Å². The van der Waals surface area contributed by atoms with E-state index in [1.54, 1.807) is 0 Å². The van der Waals surface area contributed by atoms with Gasteiger partial charge in [0.1, 0.15) is 0 Å². The minimum atomic E-state index is -0.00231. The van der Waals surface area contributed by atoms with Crippen molar-refractivity contribution in [2.24, 2.45) is 0 Å². The summed E-state index contributed by atoms with van der Waals surface area (Å²) in [6.07, 6.45) is 9.73. The van der Waals surface area contributed by atoms with E-state index in [-0.39, 0.29) is 77.0 Å². The number of carbonyl (C=O) groups excluding carboxylic acids is 2. The van der Waals surface area contributed by atoms with Crippen LogP contribution in [0.5, 0.6) is 0 Å². The first-order valence-corrected chi connectivity index (χ1v) is 8.76. The Hall–Kier alpha value is 1.16. The largest absolute Gasteiger partial charge is 0.428 e. The van der Waals surface area contributed by atoms with Crippen LogP contribution in [-0.4, -0.2) is 27.3 Å². The monoisotopic (exact) mass is 508 g/mol. The molecule has 0 spiro atoms. The molecule has 2 nitrogen and oxygen atoms in total. The summed E-state index contributed by atoms with van der Waals surface area (Å²) < 4.78 is 0. The topological polar surface area (TPSA) is 34.1 Å². The van der Waals surface area contributed by atoms with Gasteiger partial charge in [0.05, 0.1) is 15.7 Å². The molecule has 0 fully saturated rings. The van der Waals surface area contributed by atoms with Gasteiger partial charge in [0.2, 0.25) is 0 Å². The molecule has 6 heteroatoms. The fourth-order valence-corrected chi connectivity index (χ4v) is 1.04. The summed E-state index contributed by atoms with van der Waals surface area (Å²) in [6, 6.07) is 0. The second-order valence-corrected chi connectivity index (χ2v) is 5.50. The van der Waals surface area contributed by atoms with E-state index in [4.69, 9.17) is 15.7 Å².